The Kier molecular flexibility index (Phi) is 4.28. The summed E-state index contributed by atoms with van der Waals surface area (Å²) in [6, 6.07) is 18.9. The third-order valence-corrected chi connectivity index (χ3v) is 6.97. The summed E-state index contributed by atoms with van der Waals surface area (Å²) < 4.78 is 1.73. The maximum atomic E-state index is 13.8. The highest BCUT2D eigenvalue weighted by molar-refractivity contribution is 7.10. The van der Waals surface area contributed by atoms with E-state index >= 15 is 0 Å². The van der Waals surface area contributed by atoms with Crippen LogP contribution in [0.2, 0.25) is 5.02 Å². The summed E-state index contributed by atoms with van der Waals surface area (Å²) in [7, 11) is 0. The first kappa shape index (κ1) is 19.0. The Labute approximate surface area is 192 Å². The molecule has 8 heteroatoms. The summed E-state index contributed by atoms with van der Waals surface area (Å²) in [4.78, 5) is 23.4. The van der Waals surface area contributed by atoms with Crippen molar-refractivity contribution in [2.45, 2.75) is 6.04 Å². The van der Waals surface area contributed by atoms with Crippen LogP contribution in [-0.4, -0.2) is 14.5 Å². The highest BCUT2D eigenvalue weighted by Crippen LogP contribution is 2.45. The Bertz CT molecular complexity index is 1560. The number of nitrogens with zero attached hydrogens (tertiary/aromatic N) is 3. The molecule has 0 unspecified atom stereocenters. The summed E-state index contributed by atoms with van der Waals surface area (Å²) in [5.41, 5.74) is 9.19. The van der Waals surface area contributed by atoms with E-state index in [9.17, 15) is 4.79 Å². The lowest BCUT2D eigenvalue weighted by molar-refractivity contribution is 0.812. The predicted octanol–water partition coefficient (Wildman–Crippen LogP) is 5.26. The molecule has 1 aliphatic heterocycles. The highest BCUT2D eigenvalue weighted by atomic mass is 35.5. The Morgan fingerprint density at radius 1 is 1.06 bits per heavy atom. The van der Waals surface area contributed by atoms with Gasteiger partial charge in [0.2, 0.25) is 5.95 Å². The van der Waals surface area contributed by atoms with Crippen molar-refractivity contribution < 1.29 is 0 Å². The third-order valence-electron chi connectivity index (χ3n) is 5.67. The number of fused-ring (bicyclic) bond motifs is 4. The second-order valence-corrected chi connectivity index (χ2v) is 8.87. The van der Waals surface area contributed by atoms with Gasteiger partial charge in [0.1, 0.15) is 11.9 Å². The van der Waals surface area contributed by atoms with Crippen molar-refractivity contribution in [3.8, 4) is 16.8 Å². The van der Waals surface area contributed by atoms with E-state index in [0.717, 1.165) is 32.8 Å². The molecule has 0 saturated heterocycles. The minimum absolute atomic E-state index is 0.165. The second-order valence-electron chi connectivity index (χ2n) is 7.52. The van der Waals surface area contributed by atoms with Gasteiger partial charge < -0.3 is 11.1 Å². The predicted molar refractivity (Wildman–Crippen MR) is 130 cm³/mol. The molecule has 0 saturated carbocycles. The van der Waals surface area contributed by atoms with E-state index in [0.29, 0.717) is 16.2 Å². The molecule has 2 aromatic carbocycles. The van der Waals surface area contributed by atoms with Crippen LogP contribution >= 0.6 is 22.9 Å². The maximum absolute atomic E-state index is 13.8. The minimum Gasteiger partial charge on any atom is -0.368 e. The molecule has 0 spiro atoms. The van der Waals surface area contributed by atoms with E-state index in [2.05, 4.69) is 21.4 Å². The zero-order valence-electron chi connectivity index (χ0n) is 16.6. The quantitative estimate of drug-likeness (QED) is 0.377. The topological polar surface area (TPSA) is 85.8 Å². The van der Waals surface area contributed by atoms with Gasteiger partial charge in [-0.2, -0.15) is 4.98 Å². The SMILES string of the molecule is Nc1ncc2c(n1)N[C@H](c1cc3cccc(Cl)c3c(=O)n1-c1ccccc1)c1sccc1-2. The highest BCUT2D eigenvalue weighted by Gasteiger charge is 2.31. The minimum atomic E-state index is -0.303. The molecule has 1 aliphatic rings. The van der Waals surface area contributed by atoms with Gasteiger partial charge in [0.15, 0.2) is 0 Å². The zero-order valence-corrected chi connectivity index (χ0v) is 18.2. The Hall–Kier alpha value is -3.68. The van der Waals surface area contributed by atoms with Crippen LogP contribution in [0.4, 0.5) is 11.8 Å². The number of hydrogen-bond acceptors (Lipinski definition) is 6. The van der Waals surface area contributed by atoms with Crippen LogP contribution in [0.25, 0.3) is 27.6 Å². The fourth-order valence-corrected chi connectivity index (χ4v) is 5.51. The van der Waals surface area contributed by atoms with Gasteiger partial charge in [-0.15, -0.1) is 11.3 Å². The normalized spacial score (nSPS) is 14.6. The van der Waals surface area contributed by atoms with Gasteiger partial charge >= 0.3 is 0 Å². The molecule has 4 heterocycles. The first-order valence-corrected chi connectivity index (χ1v) is 11.2. The van der Waals surface area contributed by atoms with Crippen LogP contribution in [0.3, 0.4) is 0 Å². The lowest BCUT2D eigenvalue weighted by Crippen LogP contribution is -2.28. The largest absolute Gasteiger partial charge is 0.368 e. The standard InChI is InChI=1S/C24H16ClN5OS/c25-17-8-4-5-13-11-18(30(23(31)19(13)17)14-6-2-1-3-7-14)20-21-15(9-10-32-21)16-12-27-24(26)29-22(16)28-20/h1-12,20H,(H3,26,27,28,29)/t20-/m1/s1. The van der Waals surface area contributed by atoms with E-state index in [-0.39, 0.29) is 17.5 Å². The molecule has 0 aliphatic carbocycles. The van der Waals surface area contributed by atoms with Crippen molar-refractivity contribution in [2.75, 3.05) is 11.1 Å². The second kappa shape index (κ2) is 7.19. The van der Waals surface area contributed by atoms with Crippen molar-refractivity contribution in [1.82, 2.24) is 14.5 Å². The summed E-state index contributed by atoms with van der Waals surface area (Å²) >= 11 is 8.07. The van der Waals surface area contributed by atoms with Gasteiger partial charge in [-0.25, -0.2) is 4.98 Å². The molecule has 0 radical (unpaired) electrons. The molecule has 0 fully saturated rings. The lowest BCUT2D eigenvalue weighted by atomic mass is 9.97. The van der Waals surface area contributed by atoms with Gasteiger partial charge in [0, 0.05) is 27.9 Å². The first-order valence-electron chi connectivity index (χ1n) is 9.98. The summed E-state index contributed by atoms with van der Waals surface area (Å²) in [6.07, 6.45) is 1.73. The van der Waals surface area contributed by atoms with Gasteiger partial charge in [-0.3, -0.25) is 9.36 Å². The van der Waals surface area contributed by atoms with Gasteiger partial charge in [0.25, 0.3) is 5.56 Å². The van der Waals surface area contributed by atoms with Crippen LogP contribution in [0.5, 0.6) is 0 Å². The number of aromatic nitrogens is 3. The maximum Gasteiger partial charge on any atom is 0.264 e. The van der Waals surface area contributed by atoms with E-state index in [1.807, 2.05) is 53.9 Å². The van der Waals surface area contributed by atoms with E-state index < -0.39 is 0 Å². The number of benzene rings is 2. The van der Waals surface area contributed by atoms with Crippen molar-refractivity contribution in [1.29, 1.82) is 0 Å². The van der Waals surface area contributed by atoms with Gasteiger partial charge in [0.05, 0.1) is 16.1 Å². The molecule has 156 valence electrons. The van der Waals surface area contributed by atoms with E-state index in [4.69, 9.17) is 17.3 Å². The van der Waals surface area contributed by atoms with Crippen molar-refractivity contribution in [3.63, 3.8) is 0 Å². The molecule has 6 rings (SSSR count). The average Bonchev–Trinajstić information content (AvgIpc) is 3.29. The van der Waals surface area contributed by atoms with Crippen LogP contribution in [-0.2, 0) is 0 Å². The first-order chi connectivity index (χ1) is 15.6. The van der Waals surface area contributed by atoms with Gasteiger partial charge in [-0.05, 0) is 41.1 Å². The van der Waals surface area contributed by atoms with Crippen LogP contribution in [0.15, 0.2) is 77.0 Å². The number of para-hydroxylation sites is 1. The summed E-state index contributed by atoms with van der Waals surface area (Å²) in [5, 5.41) is 7.25. The number of nitrogens with two attached hydrogens (primary N) is 1. The number of hydrogen-bond donors (Lipinski definition) is 2. The molecule has 3 N–H and O–H groups in total. The van der Waals surface area contributed by atoms with Crippen LogP contribution < -0.4 is 16.6 Å². The molecule has 0 amide bonds. The van der Waals surface area contributed by atoms with Crippen molar-refractivity contribution in [2.24, 2.45) is 0 Å². The van der Waals surface area contributed by atoms with Crippen LogP contribution in [0, 0.1) is 0 Å². The molecule has 0 bridgehead atoms. The number of thiophene rings is 1. The Morgan fingerprint density at radius 2 is 1.91 bits per heavy atom. The lowest BCUT2D eigenvalue weighted by Gasteiger charge is -2.29. The average molecular weight is 458 g/mol. The zero-order chi connectivity index (χ0) is 21.8. The number of pyridine rings is 1. The molecular weight excluding hydrogens is 442 g/mol. The molecular formula is C24H16ClN5OS. The molecule has 3 aromatic heterocycles. The number of nitrogen functional groups attached to an aromatic ring is 1. The van der Waals surface area contributed by atoms with Crippen molar-refractivity contribution in [3.05, 3.63) is 98.2 Å². The number of nitrogens with one attached hydrogen (secondary N) is 1. The van der Waals surface area contributed by atoms with E-state index in [1.165, 1.54) is 0 Å². The summed E-state index contributed by atoms with van der Waals surface area (Å²) in [5.74, 6) is 0.839. The Balaban J connectivity index is 1.68. The monoisotopic (exact) mass is 457 g/mol. The third kappa shape index (κ3) is 2.82. The smallest absolute Gasteiger partial charge is 0.264 e. The molecule has 5 aromatic rings. The Morgan fingerprint density at radius 3 is 2.75 bits per heavy atom. The molecule has 6 nitrogen and oxygen atoms in total. The number of anilines is 2. The summed E-state index contributed by atoms with van der Waals surface area (Å²) in [6.45, 7) is 0. The fraction of sp³-hybridized carbons (Fsp3) is 0.0417. The number of rotatable bonds is 2. The number of halogens is 1. The molecule has 32 heavy (non-hydrogen) atoms. The molecule has 1 atom stereocenters. The van der Waals surface area contributed by atoms with Gasteiger partial charge in [-0.1, -0.05) is 41.9 Å². The van der Waals surface area contributed by atoms with E-state index in [1.54, 1.807) is 28.2 Å². The van der Waals surface area contributed by atoms with Crippen molar-refractivity contribution >= 4 is 45.5 Å². The van der Waals surface area contributed by atoms with Crippen LogP contribution in [0.1, 0.15) is 16.6 Å². The fourth-order valence-electron chi connectivity index (χ4n) is 4.28.